The van der Waals surface area contributed by atoms with Crippen LogP contribution in [0.15, 0.2) is 60.7 Å². The van der Waals surface area contributed by atoms with Crippen LogP contribution in [-0.2, 0) is 10.2 Å². The highest BCUT2D eigenvalue weighted by Crippen LogP contribution is 2.52. The number of hydrogen-bond acceptors (Lipinski definition) is 7. The van der Waals surface area contributed by atoms with E-state index in [0.29, 0.717) is 36.1 Å². The summed E-state index contributed by atoms with van der Waals surface area (Å²) in [5.74, 6) is -0.178. The second-order valence-corrected chi connectivity index (χ2v) is 11.0. The fourth-order valence-electron chi connectivity index (χ4n) is 5.49. The zero-order chi connectivity index (χ0) is 29.6. The smallest absolute Gasteiger partial charge is 0.485 e. The Morgan fingerprint density at radius 3 is 2.57 bits per heavy atom. The second kappa shape index (κ2) is 10.6. The van der Waals surface area contributed by atoms with Gasteiger partial charge in [0.05, 0.1) is 24.2 Å². The molecule has 2 amide bonds. The molecule has 0 bridgehead atoms. The number of amides is 2. The molecule has 3 aromatic carbocycles. The maximum Gasteiger partial charge on any atom is 0.586 e. The van der Waals surface area contributed by atoms with E-state index in [4.69, 9.17) is 9.84 Å². The summed E-state index contributed by atoms with van der Waals surface area (Å²) >= 11 is 0. The topological polar surface area (TPSA) is 126 Å². The SMILES string of the molecule is Cc1ccc2c(c1)O[C@@H](c1cccc(C(=O)NC[C@@H](O)CO)c1)C[C@H]2NC(=O)C1(c2ccc3c(c2)OC(F)(F)O3)CC1. The molecular formula is C31H30F2N2O7. The van der Waals surface area contributed by atoms with E-state index in [9.17, 15) is 23.5 Å². The molecule has 9 nitrogen and oxygen atoms in total. The van der Waals surface area contributed by atoms with Gasteiger partial charge >= 0.3 is 6.29 Å². The van der Waals surface area contributed by atoms with Gasteiger partial charge in [0, 0.05) is 24.1 Å². The van der Waals surface area contributed by atoms with Gasteiger partial charge < -0.3 is 35.1 Å². The van der Waals surface area contributed by atoms with Crippen LogP contribution in [-0.4, -0.2) is 47.6 Å². The number of nitrogens with one attached hydrogen (secondary N) is 2. The molecule has 220 valence electrons. The van der Waals surface area contributed by atoms with Gasteiger partial charge in [0.2, 0.25) is 5.91 Å². The molecule has 11 heteroatoms. The summed E-state index contributed by atoms with van der Waals surface area (Å²) in [4.78, 5) is 26.4. The summed E-state index contributed by atoms with van der Waals surface area (Å²) in [5.41, 5.74) is 2.60. The Balaban J connectivity index is 1.23. The Morgan fingerprint density at radius 2 is 1.81 bits per heavy atom. The number of ether oxygens (including phenoxy) is 3. The molecule has 0 spiro atoms. The Labute approximate surface area is 240 Å². The van der Waals surface area contributed by atoms with Gasteiger partial charge in [-0.3, -0.25) is 9.59 Å². The first-order valence-electron chi connectivity index (χ1n) is 13.7. The molecule has 2 aliphatic heterocycles. The number of carbonyl (C=O) groups is 2. The van der Waals surface area contributed by atoms with Crippen molar-refractivity contribution in [3.05, 3.63) is 88.5 Å². The molecule has 1 fully saturated rings. The third kappa shape index (κ3) is 5.37. The van der Waals surface area contributed by atoms with Crippen LogP contribution in [0.3, 0.4) is 0 Å². The van der Waals surface area contributed by atoms with E-state index in [0.717, 1.165) is 16.7 Å². The van der Waals surface area contributed by atoms with Gasteiger partial charge in [-0.05, 0) is 66.8 Å². The van der Waals surface area contributed by atoms with E-state index < -0.39 is 42.5 Å². The van der Waals surface area contributed by atoms with Crippen molar-refractivity contribution in [1.29, 1.82) is 0 Å². The van der Waals surface area contributed by atoms with E-state index in [1.165, 1.54) is 12.1 Å². The number of aryl methyl sites for hydroxylation is 1. The maximum atomic E-state index is 13.8. The second-order valence-electron chi connectivity index (χ2n) is 11.0. The first kappa shape index (κ1) is 27.9. The van der Waals surface area contributed by atoms with Crippen LogP contribution >= 0.6 is 0 Å². The number of aliphatic hydroxyl groups is 2. The van der Waals surface area contributed by atoms with Gasteiger partial charge in [-0.2, -0.15) is 0 Å². The molecule has 42 heavy (non-hydrogen) atoms. The molecule has 0 aromatic heterocycles. The molecule has 3 aromatic rings. The van der Waals surface area contributed by atoms with Crippen LogP contribution in [0.1, 0.15) is 64.0 Å². The molecule has 0 unspecified atom stereocenters. The van der Waals surface area contributed by atoms with E-state index in [1.807, 2.05) is 31.2 Å². The summed E-state index contributed by atoms with van der Waals surface area (Å²) in [6, 6.07) is 16.7. The summed E-state index contributed by atoms with van der Waals surface area (Å²) in [6.07, 6.45) is -3.77. The van der Waals surface area contributed by atoms with Gasteiger partial charge in [-0.25, -0.2) is 0 Å². The molecule has 6 rings (SSSR count). The monoisotopic (exact) mass is 580 g/mol. The lowest BCUT2D eigenvalue weighted by Gasteiger charge is -2.34. The average molecular weight is 581 g/mol. The third-order valence-electron chi connectivity index (χ3n) is 7.94. The minimum Gasteiger partial charge on any atom is -0.485 e. The molecule has 4 N–H and O–H groups in total. The fourth-order valence-corrected chi connectivity index (χ4v) is 5.49. The highest BCUT2D eigenvalue weighted by Gasteiger charge is 2.53. The molecule has 3 atom stereocenters. The molecule has 0 saturated heterocycles. The highest BCUT2D eigenvalue weighted by atomic mass is 19.3. The number of alkyl halides is 2. The zero-order valence-electron chi connectivity index (χ0n) is 22.7. The Kier molecular flexibility index (Phi) is 7.02. The van der Waals surface area contributed by atoms with Crippen molar-refractivity contribution in [3.8, 4) is 17.2 Å². The van der Waals surface area contributed by atoms with Crippen LogP contribution in [0.4, 0.5) is 8.78 Å². The molecule has 1 saturated carbocycles. The van der Waals surface area contributed by atoms with E-state index >= 15 is 0 Å². The molecule has 3 aliphatic rings. The average Bonchev–Trinajstić information content (AvgIpc) is 3.72. The lowest BCUT2D eigenvalue weighted by atomic mass is 9.89. The fraction of sp³-hybridized carbons (Fsp3) is 0.355. The van der Waals surface area contributed by atoms with Gasteiger partial charge in [-0.15, -0.1) is 8.78 Å². The number of aliphatic hydroxyl groups excluding tert-OH is 2. The predicted molar refractivity (Wildman–Crippen MR) is 145 cm³/mol. The Bertz CT molecular complexity index is 1540. The van der Waals surface area contributed by atoms with Crippen LogP contribution in [0, 0.1) is 6.92 Å². The summed E-state index contributed by atoms with van der Waals surface area (Å²) in [5, 5.41) is 24.4. The molecular weight excluding hydrogens is 550 g/mol. The number of carbonyl (C=O) groups excluding carboxylic acids is 2. The van der Waals surface area contributed by atoms with Crippen molar-refractivity contribution < 1.29 is 42.8 Å². The molecule has 2 heterocycles. The maximum absolute atomic E-state index is 13.8. The van der Waals surface area contributed by atoms with Crippen molar-refractivity contribution >= 4 is 11.8 Å². The molecule has 1 aliphatic carbocycles. The van der Waals surface area contributed by atoms with Crippen LogP contribution in [0.5, 0.6) is 17.2 Å². The molecule has 0 radical (unpaired) electrons. The van der Waals surface area contributed by atoms with Crippen LogP contribution < -0.4 is 24.8 Å². The van der Waals surface area contributed by atoms with Crippen molar-refractivity contribution in [2.75, 3.05) is 13.2 Å². The summed E-state index contributed by atoms with van der Waals surface area (Å²) in [6.45, 7) is 1.39. The third-order valence-corrected chi connectivity index (χ3v) is 7.94. The minimum absolute atomic E-state index is 0.0722. The van der Waals surface area contributed by atoms with Crippen molar-refractivity contribution in [2.45, 2.75) is 56.1 Å². The highest BCUT2D eigenvalue weighted by molar-refractivity contribution is 5.94. The summed E-state index contributed by atoms with van der Waals surface area (Å²) in [7, 11) is 0. The van der Waals surface area contributed by atoms with Crippen LogP contribution in [0.25, 0.3) is 0 Å². The number of hydrogen-bond donors (Lipinski definition) is 4. The summed E-state index contributed by atoms with van der Waals surface area (Å²) < 4.78 is 42.6. The lowest BCUT2D eigenvalue weighted by molar-refractivity contribution is -0.286. The first-order valence-corrected chi connectivity index (χ1v) is 13.7. The number of fused-ring (bicyclic) bond motifs is 2. The van der Waals surface area contributed by atoms with E-state index in [1.54, 1.807) is 24.3 Å². The Hall–Kier alpha value is -4.22. The van der Waals surface area contributed by atoms with E-state index in [-0.39, 0.29) is 24.0 Å². The number of halogens is 2. The van der Waals surface area contributed by atoms with Gasteiger partial charge in [0.25, 0.3) is 5.91 Å². The zero-order valence-corrected chi connectivity index (χ0v) is 22.7. The quantitative estimate of drug-likeness (QED) is 0.319. The van der Waals surface area contributed by atoms with Gasteiger partial charge in [0.1, 0.15) is 11.9 Å². The van der Waals surface area contributed by atoms with E-state index in [2.05, 4.69) is 20.1 Å². The first-order chi connectivity index (χ1) is 20.1. The minimum atomic E-state index is -3.74. The lowest BCUT2D eigenvalue weighted by Crippen LogP contribution is -2.39. The van der Waals surface area contributed by atoms with Crippen molar-refractivity contribution in [1.82, 2.24) is 10.6 Å². The normalized spacial score (nSPS) is 21.5. The van der Waals surface area contributed by atoms with Crippen LogP contribution in [0.2, 0.25) is 0 Å². The predicted octanol–water partition coefficient (Wildman–Crippen LogP) is 3.81. The van der Waals surface area contributed by atoms with Crippen molar-refractivity contribution in [3.63, 3.8) is 0 Å². The largest absolute Gasteiger partial charge is 0.586 e. The van der Waals surface area contributed by atoms with Crippen molar-refractivity contribution in [2.24, 2.45) is 0 Å². The standard InChI is InChI=1S/C31H30F2N2O7/c1-17-5-7-22-23(35-29(39)30(9-10-30)20-6-8-24-27(13-20)42-31(32,33)41-24)14-25(40-26(22)11-17)18-3-2-4-19(12-18)28(38)34-15-21(37)16-36/h2-8,11-13,21,23,25,36-37H,9-10,14-16H2,1H3,(H,34,38)(H,35,39)/t21-,23-,25-/m1/s1. The van der Waals surface area contributed by atoms with Gasteiger partial charge in [0.15, 0.2) is 11.5 Å². The van der Waals surface area contributed by atoms with Gasteiger partial charge in [-0.1, -0.05) is 30.3 Å². The number of rotatable bonds is 8. The number of benzene rings is 3. The Morgan fingerprint density at radius 1 is 1.02 bits per heavy atom.